The molecule has 0 radical (unpaired) electrons. The fraction of sp³-hybridized carbons (Fsp3) is 0.773. The number of rotatable bonds is 6. The van der Waals surface area contributed by atoms with Crippen molar-refractivity contribution in [3.8, 4) is 0 Å². The number of carbonyl (C=O) groups excluding carboxylic acids is 5. The Morgan fingerprint density at radius 2 is 1.86 bits per heavy atom. The molecular weight excluding hydrogens is 490 g/mol. The Kier molecular flexibility index (Phi) is 14.0. The minimum atomic E-state index is -1.33. The first kappa shape index (κ1) is 32.2. The maximum Gasteiger partial charge on any atom is 0.245 e. The van der Waals surface area contributed by atoms with Crippen LogP contribution in [-0.2, 0) is 24.0 Å². The van der Waals surface area contributed by atoms with Crippen molar-refractivity contribution in [1.29, 1.82) is 0 Å². The monoisotopic (exact) mass is 531 g/mol. The van der Waals surface area contributed by atoms with Crippen molar-refractivity contribution in [2.24, 2.45) is 11.5 Å². The lowest BCUT2D eigenvalue weighted by Crippen LogP contribution is -2.60. The molecule has 1 aliphatic heterocycles. The molecule has 0 aliphatic carbocycles. The van der Waals surface area contributed by atoms with Crippen LogP contribution in [0.15, 0.2) is 0 Å². The summed E-state index contributed by atoms with van der Waals surface area (Å²) in [5.74, 6) is -3.25. The van der Waals surface area contributed by atoms with Gasteiger partial charge in [-0.15, -0.1) is 0 Å². The molecule has 11 N–H and O–H groups in total. The van der Waals surface area contributed by atoms with Gasteiger partial charge in [0.05, 0.1) is 37.4 Å². The zero-order chi connectivity index (χ0) is 28.1. The second-order valence-corrected chi connectivity index (χ2v) is 9.12. The highest BCUT2D eigenvalue weighted by atomic mass is 16.3. The van der Waals surface area contributed by atoms with E-state index in [2.05, 4.69) is 21.3 Å². The van der Waals surface area contributed by atoms with Gasteiger partial charge < -0.3 is 53.0 Å². The minimum absolute atomic E-state index is 0.0267. The van der Waals surface area contributed by atoms with E-state index < -0.39 is 73.2 Å². The van der Waals surface area contributed by atoms with E-state index in [0.29, 0.717) is 19.4 Å². The SMILES string of the molecule is CC(O)C1C(=O)NC(CO)CNC(C(=O)NC(CO)C(N)=O)CCCCNC(=O)CCC(N)C(=O)N1C. The van der Waals surface area contributed by atoms with Gasteiger partial charge in [0.25, 0.3) is 0 Å². The van der Waals surface area contributed by atoms with Crippen LogP contribution >= 0.6 is 0 Å². The lowest BCUT2D eigenvalue weighted by atomic mass is 10.0. The maximum absolute atomic E-state index is 12.9. The van der Waals surface area contributed by atoms with Gasteiger partial charge in [0.1, 0.15) is 12.1 Å². The number of aliphatic hydroxyl groups is 3. The number of hydrogen-bond acceptors (Lipinski definition) is 10. The zero-order valence-corrected chi connectivity index (χ0v) is 21.3. The topological polar surface area (TPSA) is 249 Å². The lowest BCUT2D eigenvalue weighted by Gasteiger charge is -2.32. The highest BCUT2D eigenvalue weighted by Gasteiger charge is 2.34. The molecule has 1 saturated heterocycles. The van der Waals surface area contributed by atoms with Gasteiger partial charge >= 0.3 is 0 Å². The molecule has 1 heterocycles. The molecule has 0 spiro atoms. The van der Waals surface area contributed by atoms with Gasteiger partial charge in [-0.3, -0.25) is 24.0 Å². The molecule has 0 saturated carbocycles. The van der Waals surface area contributed by atoms with Crippen LogP contribution in [0.5, 0.6) is 0 Å². The number of nitrogens with zero attached hydrogens (tertiary/aromatic N) is 1. The summed E-state index contributed by atoms with van der Waals surface area (Å²) in [6.45, 7) is 0.342. The number of nitrogens with two attached hydrogens (primary N) is 2. The molecule has 37 heavy (non-hydrogen) atoms. The number of nitrogens with one attached hydrogen (secondary N) is 4. The molecule has 212 valence electrons. The molecule has 1 fully saturated rings. The third kappa shape index (κ3) is 10.6. The second-order valence-electron chi connectivity index (χ2n) is 9.12. The Balaban J connectivity index is 3.11. The van der Waals surface area contributed by atoms with Crippen LogP contribution in [0.4, 0.5) is 0 Å². The van der Waals surface area contributed by atoms with Crippen LogP contribution in [0.25, 0.3) is 0 Å². The molecule has 0 aromatic heterocycles. The second kappa shape index (κ2) is 16.1. The Labute approximate surface area is 215 Å². The summed E-state index contributed by atoms with van der Waals surface area (Å²) < 4.78 is 0. The van der Waals surface area contributed by atoms with Gasteiger partial charge in [0, 0.05) is 26.6 Å². The van der Waals surface area contributed by atoms with E-state index in [0.717, 1.165) is 4.90 Å². The van der Waals surface area contributed by atoms with E-state index >= 15 is 0 Å². The van der Waals surface area contributed by atoms with Crippen molar-refractivity contribution >= 4 is 29.5 Å². The zero-order valence-electron chi connectivity index (χ0n) is 21.3. The summed E-state index contributed by atoms with van der Waals surface area (Å²) in [4.78, 5) is 63.0. The summed E-state index contributed by atoms with van der Waals surface area (Å²) in [6.07, 6.45) is -0.0232. The third-order valence-corrected chi connectivity index (χ3v) is 6.07. The Morgan fingerprint density at radius 3 is 2.43 bits per heavy atom. The van der Waals surface area contributed by atoms with Gasteiger partial charge in [-0.1, -0.05) is 0 Å². The highest BCUT2D eigenvalue weighted by molar-refractivity contribution is 5.91. The summed E-state index contributed by atoms with van der Waals surface area (Å²) in [7, 11) is 1.31. The number of primary amides is 1. The van der Waals surface area contributed by atoms with Crippen LogP contribution in [0.3, 0.4) is 0 Å². The molecule has 0 aromatic rings. The number of hydrogen-bond donors (Lipinski definition) is 9. The predicted octanol–water partition coefficient (Wildman–Crippen LogP) is -5.00. The maximum atomic E-state index is 12.9. The van der Waals surface area contributed by atoms with E-state index in [1.165, 1.54) is 14.0 Å². The highest BCUT2D eigenvalue weighted by Crippen LogP contribution is 2.09. The van der Waals surface area contributed by atoms with Crippen LogP contribution in [0, 0.1) is 0 Å². The molecule has 6 atom stereocenters. The fourth-order valence-electron chi connectivity index (χ4n) is 3.85. The van der Waals surface area contributed by atoms with E-state index in [4.69, 9.17) is 11.5 Å². The number of likely N-dealkylation sites (N-methyl/N-ethyl adjacent to an activating group) is 1. The molecule has 6 unspecified atom stereocenters. The van der Waals surface area contributed by atoms with Crippen molar-refractivity contribution in [2.75, 3.05) is 33.4 Å². The molecule has 1 aliphatic rings. The Morgan fingerprint density at radius 1 is 1.19 bits per heavy atom. The van der Waals surface area contributed by atoms with Crippen molar-refractivity contribution in [2.45, 2.75) is 75.3 Å². The van der Waals surface area contributed by atoms with Gasteiger partial charge in [-0.25, -0.2) is 0 Å². The van der Waals surface area contributed by atoms with E-state index in [1.807, 2.05) is 0 Å². The van der Waals surface area contributed by atoms with Crippen molar-refractivity contribution in [1.82, 2.24) is 26.2 Å². The predicted molar refractivity (Wildman–Crippen MR) is 131 cm³/mol. The smallest absolute Gasteiger partial charge is 0.245 e. The van der Waals surface area contributed by atoms with Crippen LogP contribution in [0.1, 0.15) is 39.0 Å². The molecule has 1 rings (SSSR count). The van der Waals surface area contributed by atoms with Crippen molar-refractivity contribution in [3.05, 3.63) is 0 Å². The first-order valence-corrected chi connectivity index (χ1v) is 12.2. The lowest BCUT2D eigenvalue weighted by molar-refractivity contribution is -0.144. The van der Waals surface area contributed by atoms with Gasteiger partial charge in [0.2, 0.25) is 29.5 Å². The first-order chi connectivity index (χ1) is 17.4. The number of amides is 5. The third-order valence-electron chi connectivity index (χ3n) is 6.07. The number of carbonyl (C=O) groups is 5. The Hall–Kier alpha value is -2.85. The summed E-state index contributed by atoms with van der Waals surface area (Å²) >= 11 is 0. The molecule has 5 amide bonds. The van der Waals surface area contributed by atoms with Gasteiger partial charge in [-0.05, 0) is 32.6 Å². The van der Waals surface area contributed by atoms with E-state index in [9.17, 15) is 39.3 Å². The minimum Gasteiger partial charge on any atom is -0.394 e. The molecular formula is C22H41N7O8. The number of aliphatic hydroxyl groups excluding tert-OH is 3. The largest absolute Gasteiger partial charge is 0.394 e. The average Bonchev–Trinajstić information content (AvgIpc) is 2.84. The standard InChI is InChI=1S/C22H41N7O8/c1-12(32)18-21(36)27-13(10-30)9-26-15(20(35)28-16(11-31)19(24)34)5-3-4-8-25-17(33)7-6-14(23)22(37)29(18)2/h12-16,18,26,30-32H,3-11,23H2,1-2H3,(H2,24,34)(H,25,33)(H,27,36)(H,28,35). The Bertz CT molecular complexity index is 797. The molecule has 15 nitrogen and oxygen atoms in total. The molecule has 0 bridgehead atoms. The molecule has 15 heteroatoms. The summed E-state index contributed by atoms with van der Waals surface area (Å²) in [5, 5.41) is 39.8. The van der Waals surface area contributed by atoms with E-state index in [-0.39, 0.29) is 31.7 Å². The van der Waals surface area contributed by atoms with Crippen LogP contribution in [0.2, 0.25) is 0 Å². The van der Waals surface area contributed by atoms with Gasteiger partial charge in [0.15, 0.2) is 0 Å². The summed E-state index contributed by atoms with van der Waals surface area (Å²) in [6, 6.07) is -5.48. The normalized spacial score (nSPS) is 27.2. The van der Waals surface area contributed by atoms with Crippen LogP contribution in [-0.4, -0.2) is 119 Å². The quantitative estimate of drug-likeness (QED) is 0.158. The van der Waals surface area contributed by atoms with Crippen LogP contribution < -0.4 is 32.7 Å². The van der Waals surface area contributed by atoms with E-state index in [1.54, 1.807) is 0 Å². The fourth-order valence-corrected chi connectivity index (χ4v) is 3.85. The van der Waals surface area contributed by atoms with Crippen molar-refractivity contribution < 1.29 is 39.3 Å². The average molecular weight is 532 g/mol. The van der Waals surface area contributed by atoms with Crippen molar-refractivity contribution in [3.63, 3.8) is 0 Å². The molecule has 0 aromatic carbocycles. The van der Waals surface area contributed by atoms with Gasteiger partial charge in [-0.2, -0.15) is 0 Å². The first-order valence-electron chi connectivity index (χ1n) is 12.2. The summed E-state index contributed by atoms with van der Waals surface area (Å²) in [5.41, 5.74) is 11.1.